The van der Waals surface area contributed by atoms with Gasteiger partial charge in [-0.3, -0.25) is 19.8 Å². The standard InChI is InChI=1S/C20H16ClN5O3S/c21-15-4-7-17-18(12-15)30-20(23-17)25(10-1-9-24-11-8-22-13-24)19(27)14-2-5-16(6-3-14)26(28)29/h2-8,11-13H,1,9-10H2. The predicted molar refractivity (Wildman–Crippen MR) is 116 cm³/mol. The molecule has 152 valence electrons. The van der Waals surface area contributed by atoms with Gasteiger partial charge in [-0.05, 0) is 36.8 Å². The zero-order valence-electron chi connectivity index (χ0n) is 15.6. The maximum Gasteiger partial charge on any atom is 0.269 e. The molecule has 0 unspecified atom stereocenters. The molecule has 4 rings (SSSR count). The lowest BCUT2D eigenvalue weighted by atomic mass is 10.2. The number of benzene rings is 2. The van der Waals surface area contributed by atoms with Gasteiger partial charge in [-0.1, -0.05) is 22.9 Å². The van der Waals surface area contributed by atoms with Crippen LogP contribution in [0.4, 0.5) is 10.8 Å². The van der Waals surface area contributed by atoms with Gasteiger partial charge in [0.25, 0.3) is 11.6 Å². The second-order valence-electron chi connectivity index (χ2n) is 6.52. The Morgan fingerprint density at radius 2 is 2.03 bits per heavy atom. The fraction of sp³-hybridized carbons (Fsp3) is 0.150. The summed E-state index contributed by atoms with van der Waals surface area (Å²) in [5.74, 6) is -0.263. The zero-order chi connectivity index (χ0) is 21.1. The van der Waals surface area contributed by atoms with Gasteiger partial charge < -0.3 is 4.57 Å². The number of anilines is 1. The number of imidazole rings is 1. The Bertz CT molecular complexity index is 1190. The molecule has 2 heterocycles. The van der Waals surface area contributed by atoms with E-state index in [1.165, 1.54) is 35.6 Å². The third-order valence-electron chi connectivity index (χ3n) is 4.50. The lowest BCUT2D eigenvalue weighted by Crippen LogP contribution is -2.32. The summed E-state index contributed by atoms with van der Waals surface area (Å²) in [7, 11) is 0. The van der Waals surface area contributed by atoms with E-state index in [1.54, 1.807) is 23.5 Å². The highest BCUT2D eigenvalue weighted by Gasteiger charge is 2.22. The Labute approximate surface area is 180 Å². The van der Waals surface area contributed by atoms with E-state index in [4.69, 9.17) is 11.6 Å². The van der Waals surface area contributed by atoms with Crippen molar-refractivity contribution in [2.75, 3.05) is 11.4 Å². The number of thiazole rings is 1. The van der Waals surface area contributed by atoms with Gasteiger partial charge >= 0.3 is 0 Å². The maximum absolute atomic E-state index is 13.2. The van der Waals surface area contributed by atoms with Gasteiger partial charge in [-0.2, -0.15) is 0 Å². The van der Waals surface area contributed by atoms with Crippen LogP contribution in [0, 0.1) is 10.1 Å². The van der Waals surface area contributed by atoms with Crippen LogP contribution in [0.5, 0.6) is 0 Å². The van der Waals surface area contributed by atoms with E-state index in [2.05, 4.69) is 9.97 Å². The molecule has 0 fully saturated rings. The van der Waals surface area contributed by atoms with Crippen LogP contribution in [0.3, 0.4) is 0 Å². The van der Waals surface area contributed by atoms with Crippen LogP contribution in [-0.4, -0.2) is 31.9 Å². The fourth-order valence-corrected chi connectivity index (χ4v) is 4.26. The first kappa shape index (κ1) is 20.0. The zero-order valence-corrected chi connectivity index (χ0v) is 17.2. The van der Waals surface area contributed by atoms with Crippen molar-refractivity contribution in [1.82, 2.24) is 14.5 Å². The Kier molecular flexibility index (Phi) is 5.73. The summed E-state index contributed by atoms with van der Waals surface area (Å²) in [6, 6.07) is 11.0. The van der Waals surface area contributed by atoms with Crippen LogP contribution in [0.2, 0.25) is 5.02 Å². The number of carbonyl (C=O) groups is 1. The van der Waals surface area contributed by atoms with Crippen LogP contribution in [0.15, 0.2) is 61.2 Å². The second kappa shape index (κ2) is 8.60. The van der Waals surface area contributed by atoms with Crippen molar-refractivity contribution in [3.05, 3.63) is 81.9 Å². The van der Waals surface area contributed by atoms with Gasteiger partial charge in [0.2, 0.25) is 0 Å². The first-order valence-corrected chi connectivity index (χ1v) is 10.3. The van der Waals surface area contributed by atoms with E-state index in [0.717, 1.165) is 10.2 Å². The van der Waals surface area contributed by atoms with Crippen molar-refractivity contribution in [2.45, 2.75) is 13.0 Å². The van der Waals surface area contributed by atoms with Crippen molar-refractivity contribution in [3.63, 3.8) is 0 Å². The van der Waals surface area contributed by atoms with Crippen LogP contribution >= 0.6 is 22.9 Å². The highest BCUT2D eigenvalue weighted by Crippen LogP contribution is 2.32. The average molecular weight is 442 g/mol. The molecule has 2 aromatic carbocycles. The van der Waals surface area contributed by atoms with Crippen LogP contribution in [-0.2, 0) is 6.54 Å². The number of nitrogens with zero attached hydrogens (tertiary/aromatic N) is 5. The molecule has 8 nitrogen and oxygen atoms in total. The molecule has 0 bridgehead atoms. The van der Waals surface area contributed by atoms with E-state index in [0.29, 0.717) is 35.2 Å². The Hall–Kier alpha value is -3.30. The number of hydrogen-bond donors (Lipinski definition) is 0. The van der Waals surface area contributed by atoms with Crippen molar-refractivity contribution in [3.8, 4) is 0 Å². The second-order valence-corrected chi connectivity index (χ2v) is 7.97. The minimum atomic E-state index is -0.492. The van der Waals surface area contributed by atoms with Gasteiger partial charge in [-0.15, -0.1) is 0 Å². The first-order chi connectivity index (χ1) is 14.5. The number of fused-ring (bicyclic) bond motifs is 1. The first-order valence-electron chi connectivity index (χ1n) is 9.09. The highest BCUT2D eigenvalue weighted by atomic mass is 35.5. The number of nitro benzene ring substituents is 1. The van der Waals surface area contributed by atoms with E-state index in [9.17, 15) is 14.9 Å². The molecule has 0 spiro atoms. The molecule has 0 atom stereocenters. The third-order valence-corrected chi connectivity index (χ3v) is 5.77. The highest BCUT2D eigenvalue weighted by molar-refractivity contribution is 7.22. The molecule has 4 aromatic rings. The Morgan fingerprint density at radius 3 is 2.73 bits per heavy atom. The van der Waals surface area contributed by atoms with E-state index in [1.807, 2.05) is 22.9 Å². The number of aromatic nitrogens is 3. The Balaban J connectivity index is 1.62. The molecule has 1 amide bonds. The normalized spacial score (nSPS) is 11.0. The molecule has 30 heavy (non-hydrogen) atoms. The summed E-state index contributed by atoms with van der Waals surface area (Å²) >= 11 is 7.46. The molecular formula is C20H16ClN5O3S. The maximum atomic E-state index is 13.2. The van der Waals surface area contributed by atoms with E-state index >= 15 is 0 Å². The topological polar surface area (TPSA) is 94.2 Å². The van der Waals surface area contributed by atoms with Crippen LogP contribution < -0.4 is 4.90 Å². The summed E-state index contributed by atoms with van der Waals surface area (Å²) in [5, 5.41) is 12.1. The fourth-order valence-electron chi connectivity index (χ4n) is 3.00. The number of rotatable bonds is 7. The SMILES string of the molecule is O=C(c1ccc([N+](=O)[O-])cc1)N(CCCn1ccnc1)c1nc2ccc(Cl)cc2s1. The predicted octanol–water partition coefficient (Wildman–Crippen LogP) is 4.79. The quantitative estimate of drug-likeness (QED) is 0.303. The molecule has 2 aromatic heterocycles. The number of carbonyl (C=O) groups excluding carboxylic acids is 1. The van der Waals surface area contributed by atoms with Gasteiger partial charge in [0, 0.05) is 48.2 Å². The number of aryl methyl sites for hydroxylation is 1. The number of hydrogen-bond acceptors (Lipinski definition) is 6. The Morgan fingerprint density at radius 1 is 1.23 bits per heavy atom. The molecule has 10 heteroatoms. The summed E-state index contributed by atoms with van der Waals surface area (Å²) in [5.41, 5.74) is 1.06. The summed E-state index contributed by atoms with van der Waals surface area (Å²) in [6.45, 7) is 1.13. The smallest absolute Gasteiger partial charge is 0.269 e. The summed E-state index contributed by atoms with van der Waals surface area (Å²) in [4.78, 5) is 33.9. The lowest BCUT2D eigenvalue weighted by Gasteiger charge is -2.20. The van der Waals surface area contributed by atoms with Crippen molar-refractivity contribution in [1.29, 1.82) is 0 Å². The molecule has 0 aliphatic heterocycles. The third kappa shape index (κ3) is 4.32. The van der Waals surface area contributed by atoms with Crippen molar-refractivity contribution in [2.24, 2.45) is 0 Å². The number of halogens is 1. The van der Waals surface area contributed by atoms with Crippen LogP contribution in [0.1, 0.15) is 16.8 Å². The average Bonchev–Trinajstić information content (AvgIpc) is 3.40. The van der Waals surface area contributed by atoms with Crippen molar-refractivity contribution >= 4 is 49.9 Å². The summed E-state index contributed by atoms with van der Waals surface area (Å²) in [6.07, 6.45) is 5.98. The largest absolute Gasteiger partial charge is 0.337 e. The van der Waals surface area contributed by atoms with Crippen molar-refractivity contribution < 1.29 is 9.72 Å². The van der Waals surface area contributed by atoms with E-state index in [-0.39, 0.29) is 11.6 Å². The number of nitro groups is 1. The van der Waals surface area contributed by atoms with Gasteiger partial charge in [0.15, 0.2) is 5.13 Å². The number of non-ortho nitro benzene ring substituents is 1. The van der Waals surface area contributed by atoms with Crippen LogP contribution in [0.25, 0.3) is 10.2 Å². The molecule has 0 N–H and O–H groups in total. The minimum Gasteiger partial charge on any atom is -0.337 e. The molecule has 0 saturated heterocycles. The van der Waals surface area contributed by atoms with E-state index < -0.39 is 4.92 Å². The molecule has 0 radical (unpaired) electrons. The van der Waals surface area contributed by atoms with Gasteiger partial charge in [-0.25, -0.2) is 9.97 Å². The lowest BCUT2D eigenvalue weighted by molar-refractivity contribution is -0.384. The molecule has 0 aliphatic carbocycles. The molecule has 0 saturated carbocycles. The monoisotopic (exact) mass is 441 g/mol. The molecular weight excluding hydrogens is 426 g/mol. The molecule has 0 aliphatic rings. The summed E-state index contributed by atoms with van der Waals surface area (Å²) < 4.78 is 2.82. The minimum absolute atomic E-state index is 0.0622. The van der Waals surface area contributed by atoms with Gasteiger partial charge in [0.05, 0.1) is 21.5 Å². The number of amides is 1. The van der Waals surface area contributed by atoms with Gasteiger partial charge in [0.1, 0.15) is 0 Å².